The highest BCUT2D eigenvalue weighted by molar-refractivity contribution is 7.80. The smallest absolute Gasteiger partial charge is 0.0810 e. The van der Waals surface area contributed by atoms with Crippen LogP contribution >= 0.6 is 12.2 Å². The average molecular weight is 143 g/mol. The zero-order chi connectivity index (χ0) is 6.91. The SMILES string of the molecule is CC1(C)CCCNC1=S. The summed E-state index contributed by atoms with van der Waals surface area (Å²) in [5.74, 6) is 0. The van der Waals surface area contributed by atoms with E-state index in [1.54, 1.807) is 0 Å². The summed E-state index contributed by atoms with van der Waals surface area (Å²) < 4.78 is 0. The van der Waals surface area contributed by atoms with E-state index in [-0.39, 0.29) is 5.41 Å². The van der Waals surface area contributed by atoms with E-state index in [0.717, 1.165) is 11.5 Å². The number of hydrogen-bond acceptors (Lipinski definition) is 1. The van der Waals surface area contributed by atoms with Gasteiger partial charge in [-0.2, -0.15) is 0 Å². The van der Waals surface area contributed by atoms with Crippen molar-refractivity contribution in [1.82, 2.24) is 5.32 Å². The zero-order valence-corrected chi connectivity index (χ0v) is 6.85. The van der Waals surface area contributed by atoms with E-state index in [1.165, 1.54) is 12.8 Å². The van der Waals surface area contributed by atoms with Crippen LogP contribution in [0.4, 0.5) is 0 Å². The summed E-state index contributed by atoms with van der Waals surface area (Å²) in [4.78, 5) is 1.04. The van der Waals surface area contributed by atoms with Crippen LogP contribution in [0, 0.1) is 5.41 Å². The second-order valence-electron chi connectivity index (χ2n) is 3.24. The molecule has 0 radical (unpaired) electrons. The number of rotatable bonds is 0. The molecule has 9 heavy (non-hydrogen) atoms. The molecule has 1 aliphatic rings. The lowest BCUT2D eigenvalue weighted by Gasteiger charge is -2.31. The Hall–Kier alpha value is -0.110. The van der Waals surface area contributed by atoms with E-state index < -0.39 is 0 Å². The molecule has 0 spiro atoms. The van der Waals surface area contributed by atoms with Gasteiger partial charge < -0.3 is 5.32 Å². The summed E-state index contributed by atoms with van der Waals surface area (Å²) in [6, 6.07) is 0. The molecule has 2 heteroatoms. The zero-order valence-electron chi connectivity index (χ0n) is 6.03. The molecular weight excluding hydrogens is 130 g/mol. The molecule has 1 fully saturated rings. The molecule has 1 nitrogen and oxygen atoms in total. The van der Waals surface area contributed by atoms with Gasteiger partial charge in [-0.15, -0.1) is 0 Å². The van der Waals surface area contributed by atoms with Gasteiger partial charge in [0.25, 0.3) is 0 Å². The van der Waals surface area contributed by atoms with Crippen LogP contribution in [0.2, 0.25) is 0 Å². The largest absolute Gasteiger partial charge is 0.379 e. The van der Waals surface area contributed by atoms with Gasteiger partial charge in [0.05, 0.1) is 4.99 Å². The monoisotopic (exact) mass is 143 g/mol. The molecule has 0 aromatic heterocycles. The fourth-order valence-electron chi connectivity index (χ4n) is 1.09. The topological polar surface area (TPSA) is 12.0 Å². The maximum Gasteiger partial charge on any atom is 0.0810 e. The summed E-state index contributed by atoms with van der Waals surface area (Å²) in [5, 5.41) is 3.20. The Kier molecular flexibility index (Phi) is 1.75. The average Bonchev–Trinajstić information content (AvgIpc) is 1.77. The van der Waals surface area contributed by atoms with Crippen molar-refractivity contribution in [2.24, 2.45) is 5.41 Å². The first kappa shape index (κ1) is 7.00. The van der Waals surface area contributed by atoms with Crippen LogP contribution in [0.3, 0.4) is 0 Å². The molecule has 52 valence electrons. The Morgan fingerprint density at radius 1 is 1.56 bits per heavy atom. The maximum atomic E-state index is 5.13. The number of hydrogen-bond donors (Lipinski definition) is 1. The Bertz CT molecular complexity index is 129. The van der Waals surface area contributed by atoms with Crippen LogP contribution in [0.25, 0.3) is 0 Å². The second-order valence-corrected chi connectivity index (χ2v) is 3.65. The summed E-state index contributed by atoms with van der Waals surface area (Å²) in [6.45, 7) is 5.46. The molecule has 0 aromatic carbocycles. The fourth-order valence-corrected chi connectivity index (χ4v) is 1.29. The van der Waals surface area contributed by atoms with Crippen molar-refractivity contribution in [2.45, 2.75) is 26.7 Å². The Morgan fingerprint density at radius 3 is 2.56 bits per heavy atom. The van der Waals surface area contributed by atoms with Gasteiger partial charge in [0.1, 0.15) is 0 Å². The van der Waals surface area contributed by atoms with E-state index in [9.17, 15) is 0 Å². The van der Waals surface area contributed by atoms with Crippen LogP contribution in [0.1, 0.15) is 26.7 Å². The minimum Gasteiger partial charge on any atom is -0.379 e. The first-order valence-electron chi connectivity index (χ1n) is 3.41. The van der Waals surface area contributed by atoms with Crippen LogP contribution in [-0.4, -0.2) is 11.5 Å². The minimum absolute atomic E-state index is 0.258. The van der Waals surface area contributed by atoms with Crippen LogP contribution in [0.15, 0.2) is 0 Å². The summed E-state index contributed by atoms with van der Waals surface area (Å²) in [5.41, 5.74) is 0.258. The molecule has 0 aliphatic carbocycles. The maximum absolute atomic E-state index is 5.13. The van der Waals surface area contributed by atoms with Gasteiger partial charge in [-0.25, -0.2) is 0 Å². The van der Waals surface area contributed by atoms with Gasteiger partial charge in [0, 0.05) is 12.0 Å². The first-order chi connectivity index (χ1) is 4.13. The van der Waals surface area contributed by atoms with Crippen molar-refractivity contribution in [1.29, 1.82) is 0 Å². The first-order valence-corrected chi connectivity index (χ1v) is 3.82. The number of thiocarbonyl (C=S) groups is 1. The van der Waals surface area contributed by atoms with Crippen molar-refractivity contribution < 1.29 is 0 Å². The van der Waals surface area contributed by atoms with Crippen molar-refractivity contribution in [2.75, 3.05) is 6.54 Å². The molecule has 1 N–H and O–H groups in total. The van der Waals surface area contributed by atoms with E-state index in [0.29, 0.717) is 0 Å². The summed E-state index contributed by atoms with van der Waals surface area (Å²) >= 11 is 5.13. The van der Waals surface area contributed by atoms with Gasteiger partial charge in [0.15, 0.2) is 0 Å². The number of nitrogens with one attached hydrogen (secondary N) is 1. The fraction of sp³-hybridized carbons (Fsp3) is 0.857. The molecule has 0 saturated carbocycles. The van der Waals surface area contributed by atoms with E-state index in [2.05, 4.69) is 19.2 Å². The van der Waals surface area contributed by atoms with Crippen LogP contribution in [-0.2, 0) is 0 Å². The Balaban J connectivity index is 2.60. The molecule has 0 unspecified atom stereocenters. The van der Waals surface area contributed by atoms with Gasteiger partial charge in [-0.3, -0.25) is 0 Å². The van der Waals surface area contributed by atoms with Gasteiger partial charge in [-0.1, -0.05) is 26.1 Å². The van der Waals surface area contributed by atoms with Crippen LogP contribution < -0.4 is 5.32 Å². The molecule has 1 aliphatic heterocycles. The number of piperidine rings is 1. The Labute approximate surface area is 61.8 Å². The predicted octanol–water partition coefficient (Wildman–Crippen LogP) is 1.72. The summed E-state index contributed by atoms with van der Waals surface area (Å²) in [7, 11) is 0. The molecular formula is C7H13NS. The van der Waals surface area contributed by atoms with Gasteiger partial charge >= 0.3 is 0 Å². The molecule has 0 atom stereocenters. The van der Waals surface area contributed by atoms with Gasteiger partial charge in [-0.05, 0) is 12.8 Å². The molecule has 0 amide bonds. The third-order valence-corrected chi connectivity index (χ3v) is 2.58. The highest BCUT2D eigenvalue weighted by Gasteiger charge is 2.25. The molecule has 0 bridgehead atoms. The van der Waals surface area contributed by atoms with Crippen LogP contribution in [0.5, 0.6) is 0 Å². The third kappa shape index (κ3) is 1.42. The summed E-state index contributed by atoms with van der Waals surface area (Å²) in [6.07, 6.45) is 2.49. The molecule has 1 saturated heterocycles. The molecule has 1 heterocycles. The van der Waals surface area contributed by atoms with E-state index in [4.69, 9.17) is 12.2 Å². The lowest BCUT2D eigenvalue weighted by atomic mass is 9.85. The predicted molar refractivity (Wildman–Crippen MR) is 43.6 cm³/mol. The van der Waals surface area contributed by atoms with Crippen molar-refractivity contribution in [3.05, 3.63) is 0 Å². The van der Waals surface area contributed by atoms with Crippen molar-refractivity contribution in [3.63, 3.8) is 0 Å². The Morgan fingerprint density at radius 2 is 2.22 bits per heavy atom. The lowest BCUT2D eigenvalue weighted by Crippen LogP contribution is -2.40. The second kappa shape index (κ2) is 2.25. The molecule has 0 aromatic rings. The lowest BCUT2D eigenvalue weighted by molar-refractivity contribution is 0.417. The molecule has 1 rings (SSSR count). The highest BCUT2D eigenvalue weighted by atomic mass is 32.1. The normalized spacial score (nSPS) is 25.3. The third-order valence-electron chi connectivity index (χ3n) is 1.88. The quantitative estimate of drug-likeness (QED) is 0.518. The van der Waals surface area contributed by atoms with Gasteiger partial charge in [0.2, 0.25) is 0 Å². The van der Waals surface area contributed by atoms with Crippen molar-refractivity contribution in [3.8, 4) is 0 Å². The van der Waals surface area contributed by atoms with E-state index >= 15 is 0 Å². The standard InChI is InChI=1S/C7H13NS/c1-7(2)4-3-5-8-6(7)9/h3-5H2,1-2H3,(H,8,9). The minimum atomic E-state index is 0.258. The van der Waals surface area contributed by atoms with Crippen molar-refractivity contribution >= 4 is 17.2 Å². The van der Waals surface area contributed by atoms with E-state index in [1.807, 2.05) is 0 Å². The highest BCUT2D eigenvalue weighted by Crippen LogP contribution is 2.25.